The second kappa shape index (κ2) is 2.19. The molecular formula is C8H12O2. The van der Waals surface area contributed by atoms with Gasteiger partial charge in [-0.25, -0.2) is 0 Å². The first kappa shape index (κ1) is 6.08. The smallest absolute Gasteiger partial charge is 0.330 e. The molecule has 2 aliphatic heterocycles. The van der Waals surface area contributed by atoms with E-state index in [-0.39, 0.29) is 0 Å². The molecule has 0 spiro atoms. The molecule has 0 bridgehead atoms. The number of rotatable bonds is 4. The molecule has 1 unspecified atom stereocenters. The number of hydrogen-bond acceptors (Lipinski definition) is 2. The molecule has 0 saturated heterocycles. The Kier molecular flexibility index (Phi) is 1.33. The van der Waals surface area contributed by atoms with E-state index in [4.69, 9.17) is 9.47 Å². The molecule has 2 aliphatic rings. The quantitative estimate of drug-likeness (QED) is 0.558. The minimum Gasteiger partial charge on any atom is -0.451 e. The summed E-state index contributed by atoms with van der Waals surface area (Å²) >= 11 is 0. The standard InChI is InChI=1S/C8H12O2/c1-2-3-4-5-6-7-8(9-6)10-7/h6H,2-5H2,1H3. The first-order chi connectivity index (χ1) is 4.92. The molecule has 0 fully saturated rings. The summed E-state index contributed by atoms with van der Waals surface area (Å²) in [6.45, 7) is 2.21. The van der Waals surface area contributed by atoms with Crippen LogP contribution in [0.3, 0.4) is 0 Å². The van der Waals surface area contributed by atoms with Crippen LogP contribution in [0.1, 0.15) is 32.6 Å². The predicted molar refractivity (Wildman–Crippen MR) is 37.1 cm³/mol. The van der Waals surface area contributed by atoms with Crippen molar-refractivity contribution in [2.75, 3.05) is 0 Å². The fourth-order valence-electron chi connectivity index (χ4n) is 1.25. The van der Waals surface area contributed by atoms with Crippen LogP contribution >= 0.6 is 0 Å². The lowest BCUT2D eigenvalue weighted by atomic mass is 10.1. The topological polar surface area (TPSA) is 21.8 Å². The third kappa shape index (κ3) is 0.877. The molecule has 0 amide bonds. The van der Waals surface area contributed by atoms with E-state index in [0.29, 0.717) is 6.10 Å². The van der Waals surface area contributed by atoms with Gasteiger partial charge in [0.05, 0.1) is 0 Å². The zero-order valence-corrected chi connectivity index (χ0v) is 6.22. The van der Waals surface area contributed by atoms with Gasteiger partial charge in [0.1, 0.15) is 0 Å². The minimum atomic E-state index is 0.335. The average Bonchev–Trinajstić information content (AvgIpc) is 2.54. The van der Waals surface area contributed by atoms with E-state index in [9.17, 15) is 0 Å². The van der Waals surface area contributed by atoms with Gasteiger partial charge in [-0.3, -0.25) is 0 Å². The highest BCUT2D eigenvalue weighted by atomic mass is 16.8. The fraction of sp³-hybridized carbons (Fsp3) is 0.750. The highest BCUT2D eigenvalue weighted by Gasteiger charge is 2.47. The molecule has 0 aromatic carbocycles. The highest BCUT2D eigenvalue weighted by molar-refractivity contribution is 5.25. The van der Waals surface area contributed by atoms with Crippen molar-refractivity contribution in [1.82, 2.24) is 0 Å². The summed E-state index contributed by atoms with van der Waals surface area (Å²) in [5.74, 6) is 1.93. The lowest BCUT2D eigenvalue weighted by Crippen LogP contribution is -2.13. The van der Waals surface area contributed by atoms with Crippen molar-refractivity contribution < 1.29 is 9.47 Å². The third-order valence-corrected chi connectivity index (χ3v) is 1.97. The molecule has 0 saturated carbocycles. The molecule has 0 aromatic heterocycles. The van der Waals surface area contributed by atoms with Crippen LogP contribution in [0.25, 0.3) is 0 Å². The van der Waals surface area contributed by atoms with E-state index in [2.05, 4.69) is 6.92 Å². The summed E-state index contributed by atoms with van der Waals surface area (Å²) < 4.78 is 10.2. The second-order valence-corrected chi connectivity index (χ2v) is 2.86. The maximum absolute atomic E-state index is 5.22. The predicted octanol–water partition coefficient (Wildman–Crippen LogP) is 2.16. The molecule has 0 N–H and O–H groups in total. The van der Waals surface area contributed by atoms with Crippen molar-refractivity contribution >= 4 is 0 Å². The Morgan fingerprint density at radius 2 is 2.30 bits per heavy atom. The van der Waals surface area contributed by atoms with Crippen molar-refractivity contribution in [2.24, 2.45) is 0 Å². The maximum atomic E-state index is 5.22. The van der Waals surface area contributed by atoms with Crippen LogP contribution in [0.2, 0.25) is 0 Å². The maximum Gasteiger partial charge on any atom is 0.330 e. The van der Waals surface area contributed by atoms with Gasteiger partial charge in [-0.2, -0.15) is 0 Å². The molecule has 56 valence electrons. The molecule has 0 aliphatic carbocycles. The Labute approximate surface area is 60.8 Å². The normalized spacial score (nSPS) is 26.3. The van der Waals surface area contributed by atoms with Gasteiger partial charge in [-0.05, 0) is 12.8 Å². The molecule has 2 heteroatoms. The van der Waals surface area contributed by atoms with Crippen LogP contribution in [0.15, 0.2) is 11.7 Å². The van der Waals surface area contributed by atoms with Gasteiger partial charge in [0, 0.05) is 0 Å². The lowest BCUT2D eigenvalue weighted by molar-refractivity contribution is 0.117. The van der Waals surface area contributed by atoms with E-state index in [0.717, 1.165) is 18.1 Å². The molecule has 2 rings (SSSR count). The van der Waals surface area contributed by atoms with Crippen LogP contribution in [0.4, 0.5) is 0 Å². The van der Waals surface area contributed by atoms with Crippen LogP contribution in [0.5, 0.6) is 0 Å². The van der Waals surface area contributed by atoms with E-state index in [1.54, 1.807) is 0 Å². The van der Waals surface area contributed by atoms with Gasteiger partial charge in [-0.15, -0.1) is 0 Å². The Bertz CT molecular complexity index is 172. The molecule has 2 heterocycles. The molecule has 10 heavy (non-hydrogen) atoms. The average molecular weight is 140 g/mol. The number of unbranched alkanes of at least 4 members (excludes halogenated alkanes) is 2. The molecule has 0 radical (unpaired) electrons. The highest BCUT2D eigenvalue weighted by Crippen LogP contribution is 2.45. The van der Waals surface area contributed by atoms with Gasteiger partial charge < -0.3 is 9.47 Å². The van der Waals surface area contributed by atoms with Crippen LogP contribution < -0.4 is 0 Å². The van der Waals surface area contributed by atoms with Gasteiger partial charge in [-0.1, -0.05) is 19.8 Å². The first-order valence-corrected chi connectivity index (χ1v) is 4.00. The van der Waals surface area contributed by atoms with Crippen molar-refractivity contribution in [2.45, 2.75) is 38.7 Å². The monoisotopic (exact) mass is 140 g/mol. The summed E-state index contributed by atoms with van der Waals surface area (Å²) in [4.78, 5) is 0. The molecule has 1 atom stereocenters. The Hall–Kier alpha value is -0.660. The van der Waals surface area contributed by atoms with Crippen LogP contribution in [-0.2, 0) is 9.47 Å². The Balaban J connectivity index is 1.60. The van der Waals surface area contributed by atoms with Gasteiger partial charge in [0.25, 0.3) is 0 Å². The zero-order chi connectivity index (χ0) is 6.97. The van der Waals surface area contributed by atoms with Crippen molar-refractivity contribution in [3.8, 4) is 0 Å². The summed E-state index contributed by atoms with van der Waals surface area (Å²) in [5.41, 5.74) is 0. The van der Waals surface area contributed by atoms with Gasteiger partial charge in [0.15, 0.2) is 6.10 Å². The van der Waals surface area contributed by atoms with Crippen molar-refractivity contribution in [3.05, 3.63) is 11.7 Å². The van der Waals surface area contributed by atoms with Crippen LogP contribution in [-0.4, -0.2) is 6.10 Å². The SMILES string of the molecule is CCCCCC1OC2=C1O2. The van der Waals surface area contributed by atoms with Crippen molar-refractivity contribution in [1.29, 1.82) is 0 Å². The van der Waals surface area contributed by atoms with E-state index >= 15 is 0 Å². The Morgan fingerprint density at radius 3 is 2.80 bits per heavy atom. The number of hydrogen-bond donors (Lipinski definition) is 0. The summed E-state index contributed by atoms with van der Waals surface area (Å²) in [6.07, 6.45) is 5.33. The molecule has 0 aromatic rings. The first-order valence-electron chi connectivity index (χ1n) is 4.00. The summed E-state index contributed by atoms with van der Waals surface area (Å²) in [7, 11) is 0. The summed E-state index contributed by atoms with van der Waals surface area (Å²) in [5, 5.41) is 0. The number of ether oxygens (including phenoxy) is 2. The van der Waals surface area contributed by atoms with Crippen LogP contribution in [0, 0.1) is 0 Å². The van der Waals surface area contributed by atoms with Crippen molar-refractivity contribution in [3.63, 3.8) is 0 Å². The second-order valence-electron chi connectivity index (χ2n) is 2.86. The van der Waals surface area contributed by atoms with Gasteiger partial charge in [0.2, 0.25) is 5.76 Å². The molecule has 2 nitrogen and oxygen atoms in total. The fourth-order valence-corrected chi connectivity index (χ4v) is 1.25. The van der Waals surface area contributed by atoms with Gasteiger partial charge >= 0.3 is 5.95 Å². The third-order valence-electron chi connectivity index (χ3n) is 1.97. The summed E-state index contributed by atoms with van der Waals surface area (Å²) in [6, 6.07) is 0. The zero-order valence-electron chi connectivity index (χ0n) is 6.22. The lowest BCUT2D eigenvalue weighted by Gasteiger charge is -2.11. The molecular weight excluding hydrogens is 128 g/mol. The van der Waals surface area contributed by atoms with E-state index in [1.165, 1.54) is 19.3 Å². The largest absolute Gasteiger partial charge is 0.451 e. The Morgan fingerprint density at radius 1 is 1.40 bits per heavy atom. The minimum absolute atomic E-state index is 0.335. The van der Waals surface area contributed by atoms with E-state index in [1.807, 2.05) is 0 Å². The van der Waals surface area contributed by atoms with E-state index < -0.39 is 0 Å².